The molecule has 1 N–H and O–H groups in total. The van der Waals surface area contributed by atoms with Crippen molar-refractivity contribution < 1.29 is 9.47 Å². The molecule has 0 spiro atoms. The van der Waals surface area contributed by atoms with E-state index in [4.69, 9.17) is 37.7 Å². The Bertz CT molecular complexity index is 1600. The molecule has 6 rings (SSSR count). The zero-order valence-electron chi connectivity index (χ0n) is 21.8. The van der Waals surface area contributed by atoms with Crippen LogP contribution in [0.5, 0.6) is 11.5 Å². The fourth-order valence-corrected chi connectivity index (χ4v) is 6.57. The Balaban J connectivity index is 1.17. The van der Waals surface area contributed by atoms with Crippen LogP contribution >= 0.6 is 39.1 Å². The first-order valence-corrected chi connectivity index (χ1v) is 14.7. The molecule has 4 aromatic rings. The van der Waals surface area contributed by atoms with E-state index in [1.54, 1.807) is 19.2 Å². The van der Waals surface area contributed by atoms with Crippen molar-refractivity contribution >= 4 is 56.7 Å². The van der Waals surface area contributed by atoms with Gasteiger partial charge in [-0.1, -0.05) is 71.8 Å². The molecule has 0 saturated carbocycles. The van der Waals surface area contributed by atoms with Gasteiger partial charge < -0.3 is 14.8 Å². The van der Waals surface area contributed by atoms with Crippen LogP contribution in [-0.2, 0) is 6.61 Å². The van der Waals surface area contributed by atoms with Gasteiger partial charge in [-0.25, -0.2) is 0 Å². The molecule has 1 aliphatic heterocycles. The number of allylic oxidation sites excluding steroid dienone is 2. The second-order valence-electron chi connectivity index (χ2n) is 9.97. The minimum atomic E-state index is 0.267. The van der Waals surface area contributed by atoms with Gasteiger partial charge in [-0.15, -0.1) is 0 Å². The lowest BCUT2D eigenvalue weighted by Crippen LogP contribution is -2.28. The van der Waals surface area contributed by atoms with Gasteiger partial charge in [0.15, 0.2) is 11.5 Å². The quantitative estimate of drug-likeness (QED) is 0.163. The molecule has 0 bridgehead atoms. The van der Waals surface area contributed by atoms with Gasteiger partial charge >= 0.3 is 0 Å². The smallest absolute Gasteiger partial charge is 0.175 e. The van der Waals surface area contributed by atoms with Gasteiger partial charge in [0.2, 0.25) is 0 Å². The summed E-state index contributed by atoms with van der Waals surface area (Å²) in [5.74, 6) is 2.17. The van der Waals surface area contributed by atoms with Crippen molar-refractivity contribution in [2.75, 3.05) is 12.4 Å². The molecule has 3 atom stereocenters. The summed E-state index contributed by atoms with van der Waals surface area (Å²) in [4.78, 5) is 4.72. The van der Waals surface area contributed by atoms with Gasteiger partial charge in [0, 0.05) is 33.4 Å². The molecule has 4 nitrogen and oxygen atoms in total. The second-order valence-corrected chi connectivity index (χ2v) is 11.7. The molecule has 0 unspecified atom stereocenters. The highest BCUT2D eigenvalue weighted by Gasteiger charge is 2.37. The molecule has 1 heterocycles. The zero-order chi connectivity index (χ0) is 27.6. The minimum Gasteiger partial charge on any atom is -0.493 e. The number of nitrogens with zero attached hydrogens (tertiary/aromatic N) is 1. The van der Waals surface area contributed by atoms with Crippen molar-refractivity contribution in [3.8, 4) is 11.5 Å². The third-order valence-electron chi connectivity index (χ3n) is 7.53. The highest BCUT2D eigenvalue weighted by atomic mass is 79.9. The van der Waals surface area contributed by atoms with Gasteiger partial charge in [0.1, 0.15) is 6.61 Å². The van der Waals surface area contributed by atoms with Crippen LogP contribution in [0.25, 0.3) is 0 Å². The molecule has 202 valence electrons. The maximum Gasteiger partial charge on any atom is 0.175 e. The molecule has 0 radical (unpaired) electrons. The number of hydrogen-bond donors (Lipinski definition) is 1. The molecule has 2 aliphatic rings. The summed E-state index contributed by atoms with van der Waals surface area (Å²) in [5, 5.41) is 4.93. The Morgan fingerprint density at radius 1 is 1.02 bits per heavy atom. The van der Waals surface area contributed by atoms with Crippen LogP contribution in [-0.4, -0.2) is 13.3 Å². The summed E-state index contributed by atoms with van der Waals surface area (Å²) in [6, 6.07) is 26.6. The second kappa shape index (κ2) is 11.7. The monoisotopic (exact) mass is 632 g/mol. The van der Waals surface area contributed by atoms with E-state index in [0.29, 0.717) is 33.4 Å². The fraction of sp³-hybridized carbons (Fsp3) is 0.182. The summed E-state index contributed by atoms with van der Waals surface area (Å²) in [5.41, 5.74) is 6.50. The summed E-state index contributed by atoms with van der Waals surface area (Å²) in [6.45, 7) is 0.282. The topological polar surface area (TPSA) is 42.8 Å². The summed E-state index contributed by atoms with van der Waals surface area (Å²) in [7, 11) is 1.62. The van der Waals surface area contributed by atoms with E-state index in [0.717, 1.165) is 27.7 Å². The Kier molecular flexibility index (Phi) is 7.88. The normalized spacial score (nSPS) is 19.2. The number of methoxy groups -OCH3 is 1. The first kappa shape index (κ1) is 26.9. The van der Waals surface area contributed by atoms with E-state index in [-0.39, 0.29) is 12.6 Å². The van der Waals surface area contributed by atoms with Gasteiger partial charge in [-0.05, 0) is 87.4 Å². The van der Waals surface area contributed by atoms with E-state index in [1.165, 1.54) is 16.8 Å². The van der Waals surface area contributed by atoms with Crippen molar-refractivity contribution in [3.63, 3.8) is 0 Å². The average molecular weight is 634 g/mol. The predicted octanol–water partition coefficient (Wildman–Crippen LogP) is 9.92. The van der Waals surface area contributed by atoms with E-state index in [1.807, 2.05) is 24.4 Å². The molecule has 40 heavy (non-hydrogen) atoms. The molecule has 0 saturated heterocycles. The van der Waals surface area contributed by atoms with Crippen molar-refractivity contribution in [3.05, 3.63) is 128 Å². The third-order valence-corrected chi connectivity index (χ3v) is 8.70. The van der Waals surface area contributed by atoms with Crippen LogP contribution in [0.1, 0.15) is 40.6 Å². The van der Waals surface area contributed by atoms with Crippen LogP contribution in [0.2, 0.25) is 10.0 Å². The lowest BCUT2D eigenvalue weighted by atomic mass is 9.77. The summed E-state index contributed by atoms with van der Waals surface area (Å²) in [6.07, 6.45) is 7.60. The van der Waals surface area contributed by atoms with Gasteiger partial charge in [0.25, 0.3) is 0 Å². The van der Waals surface area contributed by atoms with Crippen LogP contribution in [0.15, 0.2) is 100 Å². The molecule has 0 fully saturated rings. The number of para-hydroxylation sites is 1. The Morgan fingerprint density at radius 2 is 1.85 bits per heavy atom. The van der Waals surface area contributed by atoms with Gasteiger partial charge in [0.05, 0.1) is 23.3 Å². The minimum absolute atomic E-state index is 0.267. The molecule has 0 amide bonds. The zero-order valence-corrected chi connectivity index (χ0v) is 24.9. The number of aliphatic imine (C=N–C) groups is 1. The van der Waals surface area contributed by atoms with Crippen LogP contribution < -0.4 is 14.8 Å². The van der Waals surface area contributed by atoms with Crippen molar-refractivity contribution in [1.82, 2.24) is 0 Å². The Labute approximate surface area is 252 Å². The Morgan fingerprint density at radius 3 is 2.65 bits per heavy atom. The fourth-order valence-electron chi connectivity index (χ4n) is 5.53. The third kappa shape index (κ3) is 5.51. The number of halogens is 3. The number of benzene rings is 4. The SMILES string of the molecule is COc1cc(C=Nc2ccc([C@@H]3Nc4ccccc4[C@@H]4C=CC[C@H]43)cc2)cc(Br)c1OCc1ccc(Cl)cc1Cl. The predicted molar refractivity (Wildman–Crippen MR) is 168 cm³/mol. The number of rotatable bonds is 7. The number of ether oxygens (including phenoxy) is 2. The van der Waals surface area contributed by atoms with Gasteiger partial charge in [-0.3, -0.25) is 4.99 Å². The molecule has 4 aromatic carbocycles. The first-order chi connectivity index (χ1) is 19.5. The Hall–Kier alpha value is -3.25. The highest BCUT2D eigenvalue weighted by Crippen LogP contribution is 2.49. The number of anilines is 1. The molecule has 1 aliphatic carbocycles. The van der Waals surface area contributed by atoms with Crippen LogP contribution in [0.4, 0.5) is 11.4 Å². The van der Waals surface area contributed by atoms with E-state index in [9.17, 15) is 0 Å². The van der Waals surface area contributed by atoms with E-state index < -0.39 is 0 Å². The van der Waals surface area contributed by atoms with Gasteiger partial charge in [-0.2, -0.15) is 0 Å². The summed E-state index contributed by atoms with van der Waals surface area (Å²) >= 11 is 15.9. The number of nitrogens with one attached hydrogen (secondary N) is 1. The maximum absolute atomic E-state index is 6.30. The van der Waals surface area contributed by atoms with E-state index in [2.05, 4.69) is 81.9 Å². The standard InChI is InChI=1S/C33H27BrCl2N2O2/c1-39-31-16-20(15-28(34)33(31)40-19-22-9-12-23(35)17-29(22)36)18-37-24-13-10-21(11-14-24)32-27-7-4-6-25(27)26-5-2-3-8-30(26)38-32/h2-6,8-18,25,27,32,38H,7,19H2,1H3/t25-,27+,32-/m0/s1. The summed E-state index contributed by atoms with van der Waals surface area (Å²) < 4.78 is 12.4. The number of hydrogen-bond acceptors (Lipinski definition) is 4. The number of fused-ring (bicyclic) bond motifs is 3. The van der Waals surface area contributed by atoms with Crippen LogP contribution in [0.3, 0.4) is 0 Å². The van der Waals surface area contributed by atoms with Crippen molar-refractivity contribution in [2.24, 2.45) is 10.9 Å². The first-order valence-electron chi connectivity index (χ1n) is 13.1. The maximum atomic E-state index is 6.30. The molecular weight excluding hydrogens is 607 g/mol. The lowest BCUT2D eigenvalue weighted by Gasteiger charge is -2.37. The molecular formula is C33H27BrCl2N2O2. The lowest BCUT2D eigenvalue weighted by molar-refractivity contribution is 0.282. The average Bonchev–Trinajstić information content (AvgIpc) is 3.46. The van der Waals surface area contributed by atoms with Crippen LogP contribution in [0, 0.1) is 5.92 Å². The highest BCUT2D eigenvalue weighted by molar-refractivity contribution is 9.10. The van der Waals surface area contributed by atoms with Crippen molar-refractivity contribution in [2.45, 2.75) is 25.0 Å². The van der Waals surface area contributed by atoms with Crippen molar-refractivity contribution in [1.29, 1.82) is 0 Å². The molecule has 7 heteroatoms. The molecule has 0 aromatic heterocycles. The largest absolute Gasteiger partial charge is 0.493 e. The van der Waals surface area contributed by atoms with E-state index >= 15 is 0 Å².